The van der Waals surface area contributed by atoms with Crippen molar-refractivity contribution in [2.24, 2.45) is 0 Å². The Balaban J connectivity index is 2.01. The van der Waals surface area contributed by atoms with E-state index in [-0.39, 0.29) is 4.90 Å². The summed E-state index contributed by atoms with van der Waals surface area (Å²) in [7, 11) is -0.761. The zero-order valence-corrected chi connectivity index (χ0v) is 16.5. The molecular formula is C19H22N2O5S. The van der Waals surface area contributed by atoms with Crippen LogP contribution in [-0.4, -0.2) is 45.3 Å². The highest BCUT2D eigenvalue weighted by Crippen LogP contribution is 2.18. The number of hydrogen-bond donors (Lipinski definition) is 1. The number of anilines is 1. The molecule has 2 aromatic carbocycles. The van der Waals surface area contributed by atoms with E-state index in [4.69, 9.17) is 4.74 Å². The van der Waals surface area contributed by atoms with Crippen LogP contribution >= 0.6 is 0 Å². The Morgan fingerprint density at radius 1 is 1.04 bits per heavy atom. The third-order valence-electron chi connectivity index (χ3n) is 3.69. The van der Waals surface area contributed by atoms with Crippen LogP contribution in [0.15, 0.2) is 47.4 Å². The molecule has 0 saturated carbocycles. The summed E-state index contributed by atoms with van der Waals surface area (Å²) >= 11 is 0. The second kappa shape index (κ2) is 8.32. The predicted molar refractivity (Wildman–Crippen MR) is 102 cm³/mol. The smallest absolute Gasteiger partial charge is 0.338 e. The standard InChI is InChI=1S/C19H22N2O5S/c1-13-8-14(2)10-15(9-13)19(23)26-12-18(22)20-16-6-5-7-17(11-16)27(24,25)21(3)4/h5-11H,12H2,1-4H3,(H,20,22). The maximum Gasteiger partial charge on any atom is 0.338 e. The summed E-state index contributed by atoms with van der Waals surface area (Å²) in [4.78, 5) is 24.2. The number of rotatable bonds is 6. The number of nitrogens with zero attached hydrogens (tertiary/aromatic N) is 1. The van der Waals surface area contributed by atoms with Crippen LogP contribution in [0.1, 0.15) is 21.5 Å². The van der Waals surface area contributed by atoms with Gasteiger partial charge in [0.05, 0.1) is 10.5 Å². The number of hydrogen-bond acceptors (Lipinski definition) is 5. The number of sulfonamides is 1. The molecule has 0 saturated heterocycles. The Hall–Kier alpha value is -2.71. The Morgan fingerprint density at radius 3 is 2.26 bits per heavy atom. The molecule has 7 nitrogen and oxygen atoms in total. The third-order valence-corrected chi connectivity index (χ3v) is 5.50. The van der Waals surface area contributed by atoms with Crippen molar-refractivity contribution in [2.45, 2.75) is 18.7 Å². The van der Waals surface area contributed by atoms with Crippen molar-refractivity contribution in [3.05, 3.63) is 59.2 Å². The van der Waals surface area contributed by atoms with Gasteiger partial charge >= 0.3 is 5.97 Å². The van der Waals surface area contributed by atoms with Crippen LogP contribution in [0.3, 0.4) is 0 Å². The first kappa shape index (κ1) is 20.6. The van der Waals surface area contributed by atoms with Crippen molar-refractivity contribution in [1.29, 1.82) is 0 Å². The van der Waals surface area contributed by atoms with E-state index >= 15 is 0 Å². The van der Waals surface area contributed by atoms with Gasteiger partial charge in [-0.25, -0.2) is 17.5 Å². The van der Waals surface area contributed by atoms with E-state index in [0.717, 1.165) is 15.4 Å². The van der Waals surface area contributed by atoms with Crippen molar-refractivity contribution in [2.75, 3.05) is 26.0 Å². The van der Waals surface area contributed by atoms with Crippen LogP contribution in [0.5, 0.6) is 0 Å². The molecule has 0 unspecified atom stereocenters. The molecule has 0 aliphatic carbocycles. The summed E-state index contributed by atoms with van der Waals surface area (Å²) in [5.74, 6) is -1.16. The summed E-state index contributed by atoms with van der Waals surface area (Å²) in [6.45, 7) is 3.26. The van der Waals surface area contributed by atoms with Crippen molar-refractivity contribution in [1.82, 2.24) is 4.31 Å². The van der Waals surface area contributed by atoms with Gasteiger partial charge in [0.1, 0.15) is 0 Å². The minimum absolute atomic E-state index is 0.0533. The summed E-state index contributed by atoms with van der Waals surface area (Å²) < 4.78 is 30.4. The Kier molecular flexibility index (Phi) is 6.35. The van der Waals surface area contributed by atoms with Gasteiger partial charge < -0.3 is 10.1 Å². The second-order valence-electron chi connectivity index (χ2n) is 6.32. The maximum absolute atomic E-state index is 12.1. The van der Waals surface area contributed by atoms with Crippen molar-refractivity contribution >= 4 is 27.6 Å². The normalized spacial score (nSPS) is 11.3. The number of carbonyl (C=O) groups excluding carboxylic acids is 2. The van der Waals surface area contributed by atoms with Gasteiger partial charge in [0, 0.05) is 19.8 Å². The zero-order valence-electron chi connectivity index (χ0n) is 15.6. The largest absolute Gasteiger partial charge is 0.452 e. The van der Waals surface area contributed by atoms with Gasteiger partial charge in [0.2, 0.25) is 10.0 Å². The lowest BCUT2D eigenvalue weighted by molar-refractivity contribution is -0.119. The fourth-order valence-corrected chi connectivity index (χ4v) is 3.40. The second-order valence-corrected chi connectivity index (χ2v) is 8.47. The van der Waals surface area contributed by atoms with Gasteiger partial charge in [-0.15, -0.1) is 0 Å². The summed E-state index contributed by atoms with van der Waals surface area (Å²) in [6.07, 6.45) is 0. The number of nitrogens with one attached hydrogen (secondary N) is 1. The highest BCUT2D eigenvalue weighted by molar-refractivity contribution is 7.89. The van der Waals surface area contributed by atoms with Gasteiger partial charge in [0.15, 0.2) is 6.61 Å². The number of carbonyl (C=O) groups is 2. The molecule has 0 fully saturated rings. The van der Waals surface area contributed by atoms with Crippen molar-refractivity contribution < 1.29 is 22.7 Å². The molecule has 8 heteroatoms. The minimum atomic E-state index is -3.61. The van der Waals surface area contributed by atoms with E-state index in [9.17, 15) is 18.0 Å². The van der Waals surface area contributed by atoms with Crippen molar-refractivity contribution in [3.8, 4) is 0 Å². The predicted octanol–water partition coefficient (Wildman–Crippen LogP) is 2.35. The Bertz CT molecular complexity index is 948. The highest BCUT2D eigenvalue weighted by atomic mass is 32.2. The fraction of sp³-hybridized carbons (Fsp3) is 0.263. The van der Waals surface area contributed by atoms with E-state index in [1.807, 2.05) is 19.9 Å². The van der Waals surface area contributed by atoms with Crippen LogP contribution in [0, 0.1) is 13.8 Å². The molecule has 0 radical (unpaired) electrons. The van der Waals surface area contributed by atoms with Crippen LogP contribution in [0.4, 0.5) is 5.69 Å². The molecule has 0 spiro atoms. The third kappa shape index (κ3) is 5.38. The van der Waals surface area contributed by atoms with Crippen molar-refractivity contribution in [3.63, 3.8) is 0 Å². The number of aryl methyl sites for hydroxylation is 2. The molecule has 1 N–H and O–H groups in total. The first-order chi connectivity index (χ1) is 12.6. The topological polar surface area (TPSA) is 92.8 Å². The average Bonchev–Trinajstić information content (AvgIpc) is 2.59. The van der Waals surface area contributed by atoms with Gasteiger partial charge in [-0.2, -0.15) is 0 Å². The van der Waals surface area contributed by atoms with Gasteiger partial charge in [0.25, 0.3) is 5.91 Å². The number of ether oxygens (including phenoxy) is 1. The molecule has 0 aliphatic heterocycles. The maximum atomic E-state index is 12.1. The summed E-state index contributed by atoms with van der Waals surface area (Å²) in [5.41, 5.74) is 2.51. The van der Waals surface area contributed by atoms with Gasteiger partial charge in [-0.1, -0.05) is 23.3 Å². The Labute approximate surface area is 159 Å². The lowest BCUT2D eigenvalue weighted by Crippen LogP contribution is -2.23. The molecule has 0 heterocycles. The Morgan fingerprint density at radius 2 is 1.67 bits per heavy atom. The molecular weight excluding hydrogens is 368 g/mol. The highest BCUT2D eigenvalue weighted by Gasteiger charge is 2.18. The summed E-state index contributed by atoms with van der Waals surface area (Å²) in [5, 5.41) is 2.52. The monoisotopic (exact) mass is 390 g/mol. The molecule has 0 aromatic heterocycles. The van der Waals surface area contributed by atoms with Crippen LogP contribution in [-0.2, 0) is 19.6 Å². The molecule has 2 aromatic rings. The van der Waals surface area contributed by atoms with E-state index in [1.165, 1.54) is 32.3 Å². The molecule has 0 atom stereocenters. The lowest BCUT2D eigenvalue weighted by atomic mass is 10.1. The van der Waals surface area contributed by atoms with Crippen LogP contribution in [0.25, 0.3) is 0 Å². The molecule has 27 heavy (non-hydrogen) atoms. The first-order valence-corrected chi connectivity index (χ1v) is 9.61. The quantitative estimate of drug-likeness (QED) is 0.765. The van der Waals surface area contributed by atoms with E-state index in [2.05, 4.69) is 5.32 Å². The fourth-order valence-electron chi connectivity index (χ4n) is 2.45. The number of benzene rings is 2. The molecule has 0 aliphatic rings. The molecule has 1 amide bonds. The molecule has 0 bridgehead atoms. The van der Waals surface area contributed by atoms with Gasteiger partial charge in [-0.3, -0.25) is 4.79 Å². The lowest BCUT2D eigenvalue weighted by Gasteiger charge is -2.13. The van der Waals surface area contributed by atoms with Crippen LogP contribution in [0.2, 0.25) is 0 Å². The summed E-state index contributed by atoms with van der Waals surface area (Å²) in [6, 6.07) is 11.2. The van der Waals surface area contributed by atoms with E-state index in [1.54, 1.807) is 18.2 Å². The first-order valence-electron chi connectivity index (χ1n) is 8.17. The SMILES string of the molecule is Cc1cc(C)cc(C(=O)OCC(=O)Nc2cccc(S(=O)(=O)N(C)C)c2)c1. The number of esters is 1. The zero-order chi connectivity index (χ0) is 20.2. The minimum Gasteiger partial charge on any atom is -0.452 e. The van der Waals surface area contributed by atoms with E-state index < -0.39 is 28.5 Å². The van der Waals surface area contributed by atoms with Crippen LogP contribution < -0.4 is 5.32 Å². The molecule has 144 valence electrons. The van der Waals surface area contributed by atoms with Gasteiger partial charge in [-0.05, 0) is 44.2 Å². The number of amides is 1. The average molecular weight is 390 g/mol. The molecule has 2 rings (SSSR count). The van der Waals surface area contributed by atoms with E-state index in [0.29, 0.717) is 11.3 Å².